The highest BCUT2D eigenvalue weighted by Gasteiger charge is 2.49. The van der Waals surface area contributed by atoms with Gasteiger partial charge in [-0.25, -0.2) is 13.6 Å². The number of halogens is 2. The fourth-order valence-corrected chi connectivity index (χ4v) is 7.48. The van der Waals surface area contributed by atoms with E-state index in [0.717, 1.165) is 24.8 Å². The fraction of sp³-hybridized carbons (Fsp3) is 0.486. The molecule has 3 fully saturated rings. The van der Waals surface area contributed by atoms with Crippen LogP contribution in [0.2, 0.25) is 0 Å². The van der Waals surface area contributed by atoms with Crippen molar-refractivity contribution >= 4 is 33.6 Å². The van der Waals surface area contributed by atoms with Gasteiger partial charge in [0.05, 0.1) is 23.1 Å². The molecule has 3 N–H and O–H groups in total. The minimum atomic E-state index is -0.950. The number of aliphatic hydroxyl groups excluding tert-OH is 1. The molecule has 0 saturated carbocycles. The number of carbonyl (C=O) groups is 1. The Morgan fingerprint density at radius 2 is 1.96 bits per heavy atom. The molecule has 13 heteroatoms. The number of benzene rings is 2. The number of amides is 1. The summed E-state index contributed by atoms with van der Waals surface area (Å²) in [7, 11) is 0. The number of hydrogen-bond acceptors (Lipinski definition) is 10. The van der Waals surface area contributed by atoms with Crippen LogP contribution >= 0.6 is 0 Å². The van der Waals surface area contributed by atoms with Gasteiger partial charge in [0.1, 0.15) is 41.2 Å². The lowest BCUT2D eigenvalue weighted by atomic mass is 9.95. The molecule has 3 saturated heterocycles. The molecule has 0 unspecified atom stereocenters. The third-order valence-corrected chi connectivity index (χ3v) is 9.43. The molecule has 1 amide bonds. The molecule has 0 radical (unpaired) electrons. The topological polar surface area (TPSA) is 133 Å². The molecule has 0 bridgehead atoms. The number of rotatable bonds is 6. The number of fused-ring (bicyclic) bond motifs is 3. The number of carbonyl (C=O) groups excluding carboxylic acids is 1. The van der Waals surface area contributed by atoms with E-state index in [2.05, 4.69) is 20.2 Å². The third-order valence-electron chi connectivity index (χ3n) is 9.43. The van der Waals surface area contributed by atoms with Crippen molar-refractivity contribution in [3.63, 3.8) is 0 Å². The Bertz CT molecular complexity index is 1870. The normalized spacial score (nSPS) is 24.6. The monoisotopic (exact) mass is 662 g/mol. The van der Waals surface area contributed by atoms with Crippen molar-refractivity contribution in [2.45, 2.75) is 75.9 Å². The van der Waals surface area contributed by atoms with Crippen molar-refractivity contribution in [3.8, 4) is 23.0 Å². The van der Waals surface area contributed by atoms with Gasteiger partial charge in [-0.3, -0.25) is 9.88 Å². The summed E-state index contributed by atoms with van der Waals surface area (Å²) in [5.41, 5.74) is -0.860. The Morgan fingerprint density at radius 3 is 2.77 bits per heavy atom. The number of alkyl carbamates (subject to hydrolysis) is 1. The summed E-state index contributed by atoms with van der Waals surface area (Å²) < 4.78 is 42.9. The zero-order valence-electron chi connectivity index (χ0n) is 27.2. The van der Waals surface area contributed by atoms with Crippen LogP contribution in [0.25, 0.3) is 32.9 Å². The fourth-order valence-electron chi connectivity index (χ4n) is 7.48. The first-order valence-corrected chi connectivity index (χ1v) is 16.4. The van der Waals surface area contributed by atoms with Gasteiger partial charge in [-0.05, 0) is 69.5 Å². The van der Waals surface area contributed by atoms with Crippen LogP contribution in [-0.2, 0) is 4.74 Å². The number of ether oxygens (including phenoxy) is 2. The number of nitrogens with zero attached hydrogens (tertiary/aromatic N) is 5. The number of hydrogen-bond donors (Lipinski definition) is 3. The van der Waals surface area contributed by atoms with E-state index in [1.165, 1.54) is 12.3 Å². The van der Waals surface area contributed by atoms with Crippen molar-refractivity contribution in [1.82, 2.24) is 25.2 Å². The smallest absolute Gasteiger partial charge is 0.407 e. The highest BCUT2D eigenvalue weighted by molar-refractivity contribution is 5.99. The highest BCUT2D eigenvalue weighted by atomic mass is 19.1. The van der Waals surface area contributed by atoms with E-state index < -0.39 is 41.4 Å². The van der Waals surface area contributed by atoms with Gasteiger partial charge in [0.25, 0.3) is 0 Å². The van der Waals surface area contributed by atoms with Crippen molar-refractivity contribution in [2.75, 3.05) is 37.7 Å². The van der Waals surface area contributed by atoms with Gasteiger partial charge in [-0.1, -0.05) is 24.3 Å². The summed E-state index contributed by atoms with van der Waals surface area (Å²) in [5, 5.41) is 25.9. The van der Waals surface area contributed by atoms with Crippen molar-refractivity contribution < 1.29 is 33.3 Å². The van der Waals surface area contributed by atoms with Crippen LogP contribution in [0.15, 0.2) is 42.6 Å². The average molecular weight is 663 g/mol. The zero-order valence-corrected chi connectivity index (χ0v) is 27.2. The molecule has 11 nitrogen and oxygen atoms in total. The predicted molar refractivity (Wildman–Crippen MR) is 176 cm³/mol. The first-order chi connectivity index (χ1) is 22.9. The summed E-state index contributed by atoms with van der Waals surface area (Å²) in [4.78, 5) is 30.2. The number of phenolic OH excluding ortho intramolecular Hbond substituents is 1. The molecule has 2 aromatic carbocycles. The molecule has 3 aliphatic heterocycles. The highest BCUT2D eigenvalue weighted by Crippen LogP contribution is 2.41. The summed E-state index contributed by atoms with van der Waals surface area (Å²) in [6.45, 7) is 6.97. The van der Waals surface area contributed by atoms with Gasteiger partial charge in [0.15, 0.2) is 5.82 Å². The Balaban J connectivity index is 1.29. The molecule has 7 rings (SSSR count). The number of anilines is 1. The number of phenols is 1. The van der Waals surface area contributed by atoms with Crippen LogP contribution < -0.4 is 15.0 Å². The van der Waals surface area contributed by atoms with Crippen LogP contribution in [0.3, 0.4) is 0 Å². The van der Waals surface area contributed by atoms with Crippen LogP contribution in [-0.4, -0.2) is 98.4 Å². The SMILES string of the molecule is CC(C)(C)OC(=O)N[C@H]1C[C@H](O)CN(c2nc(OC[C@@]34CCCN3C[C@H](F)C4)nc3c(F)c(-c4cc(O)cc5ccccc45)ncc23)C1. The molecule has 48 heavy (non-hydrogen) atoms. The van der Waals surface area contributed by atoms with E-state index in [1.807, 2.05) is 24.3 Å². The number of aromatic hydroxyl groups is 1. The maximum absolute atomic E-state index is 16.7. The minimum Gasteiger partial charge on any atom is -0.508 e. The third kappa shape index (κ3) is 6.28. The van der Waals surface area contributed by atoms with Gasteiger partial charge < -0.3 is 29.9 Å². The number of piperidine rings is 1. The second-order valence-electron chi connectivity index (χ2n) is 14.2. The van der Waals surface area contributed by atoms with Crippen LogP contribution in [0.5, 0.6) is 11.8 Å². The number of alkyl halides is 1. The summed E-state index contributed by atoms with van der Waals surface area (Å²) in [5.74, 6) is -0.492. The molecule has 0 spiro atoms. The maximum atomic E-state index is 16.7. The Hall–Kier alpha value is -4.36. The van der Waals surface area contributed by atoms with E-state index in [0.29, 0.717) is 23.9 Å². The van der Waals surface area contributed by atoms with Gasteiger partial charge in [0, 0.05) is 37.8 Å². The molecule has 5 heterocycles. The Labute approximate surface area is 276 Å². The molecule has 4 aromatic rings. The van der Waals surface area contributed by atoms with E-state index in [9.17, 15) is 19.4 Å². The zero-order chi connectivity index (χ0) is 33.8. The second-order valence-corrected chi connectivity index (χ2v) is 14.2. The lowest BCUT2D eigenvalue weighted by Crippen LogP contribution is -2.53. The molecular weight excluding hydrogens is 622 g/mol. The molecule has 254 valence electrons. The summed E-state index contributed by atoms with van der Waals surface area (Å²) >= 11 is 0. The molecule has 3 aliphatic rings. The second kappa shape index (κ2) is 12.3. The Kier molecular flexibility index (Phi) is 8.23. The molecule has 4 atom stereocenters. The quantitative estimate of drug-likeness (QED) is 0.256. The molecule has 2 aromatic heterocycles. The van der Waals surface area contributed by atoms with Gasteiger partial charge in [0.2, 0.25) is 0 Å². The lowest BCUT2D eigenvalue weighted by molar-refractivity contribution is 0.0473. The van der Waals surface area contributed by atoms with E-state index in [4.69, 9.17) is 14.5 Å². The average Bonchev–Trinajstić information content (AvgIpc) is 3.54. The molecular formula is C35H40F2N6O5. The van der Waals surface area contributed by atoms with Crippen LogP contribution in [0.1, 0.15) is 46.5 Å². The van der Waals surface area contributed by atoms with Crippen LogP contribution in [0.4, 0.5) is 19.4 Å². The minimum absolute atomic E-state index is 0.00928. The van der Waals surface area contributed by atoms with Crippen molar-refractivity contribution in [1.29, 1.82) is 0 Å². The van der Waals surface area contributed by atoms with Crippen molar-refractivity contribution in [2.24, 2.45) is 0 Å². The first kappa shape index (κ1) is 32.2. The summed E-state index contributed by atoms with van der Waals surface area (Å²) in [6, 6.07) is 9.79. The van der Waals surface area contributed by atoms with E-state index in [-0.39, 0.29) is 60.3 Å². The standard InChI is InChI=1S/C35H40F2N6O5/c1-34(2,3)48-33(46)39-22-12-24(45)18-42(17-22)31-27-15-38-29(26-13-23(44)11-20-7-4-5-8-25(20)26)28(37)30(27)40-32(41-31)47-19-35-9-6-10-43(35)16-21(36)14-35/h4-5,7-8,11,13,15,21-22,24,44-45H,6,9-10,12,14,16-19H2,1-3H3,(H,39,46)/t21-,22+,24+,35+/m1/s1. The van der Waals surface area contributed by atoms with Crippen molar-refractivity contribution in [3.05, 3.63) is 48.4 Å². The van der Waals surface area contributed by atoms with E-state index >= 15 is 4.39 Å². The number of aliphatic hydroxyl groups is 1. The lowest BCUT2D eigenvalue weighted by Gasteiger charge is -2.37. The first-order valence-electron chi connectivity index (χ1n) is 16.4. The number of β-amino-alcohol motifs (C(OH)–C–C–N with tert-alkyl or cyclic N) is 1. The predicted octanol–water partition coefficient (Wildman–Crippen LogP) is 5.11. The van der Waals surface area contributed by atoms with E-state index in [1.54, 1.807) is 31.7 Å². The Morgan fingerprint density at radius 1 is 1.15 bits per heavy atom. The van der Waals surface area contributed by atoms with Gasteiger partial charge >= 0.3 is 12.1 Å². The number of aromatic nitrogens is 3. The number of pyridine rings is 1. The largest absolute Gasteiger partial charge is 0.508 e. The number of nitrogens with one attached hydrogen (secondary N) is 1. The van der Waals surface area contributed by atoms with Gasteiger partial charge in [-0.15, -0.1) is 0 Å². The maximum Gasteiger partial charge on any atom is 0.407 e. The van der Waals surface area contributed by atoms with Crippen LogP contribution in [0, 0.1) is 5.82 Å². The molecule has 0 aliphatic carbocycles. The summed E-state index contributed by atoms with van der Waals surface area (Å²) in [6.07, 6.45) is 1.41. The van der Waals surface area contributed by atoms with Gasteiger partial charge in [-0.2, -0.15) is 9.97 Å².